The van der Waals surface area contributed by atoms with Crippen LogP contribution in [0.15, 0.2) is 58.1 Å². The molecule has 0 spiro atoms. The molecule has 0 radical (unpaired) electrons. The van der Waals surface area contributed by atoms with Gasteiger partial charge in [0, 0.05) is 44.5 Å². The number of hydrogen-bond donors (Lipinski definition) is 0. The number of furan rings is 1. The average molecular weight is 429 g/mol. The summed E-state index contributed by atoms with van der Waals surface area (Å²) in [5.74, 6) is -0.132. The van der Waals surface area contributed by atoms with Crippen LogP contribution in [-0.4, -0.2) is 53.4 Å². The van der Waals surface area contributed by atoms with Crippen molar-refractivity contribution in [2.24, 2.45) is 0 Å². The minimum absolute atomic E-state index is 0.0169. The third-order valence-electron chi connectivity index (χ3n) is 5.19. The van der Waals surface area contributed by atoms with E-state index in [0.717, 1.165) is 24.1 Å². The Balaban J connectivity index is 1.49. The Hall–Kier alpha value is -2.91. The van der Waals surface area contributed by atoms with E-state index in [1.807, 2.05) is 36.5 Å². The zero-order valence-corrected chi connectivity index (χ0v) is 17.8. The average Bonchev–Trinajstić information content (AvgIpc) is 3.49. The molecule has 8 nitrogen and oxygen atoms in total. The van der Waals surface area contributed by atoms with Crippen molar-refractivity contribution in [3.8, 4) is 5.69 Å². The van der Waals surface area contributed by atoms with E-state index in [-0.39, 0.29) is 22.3 Å². The second kappa shape index (κ2) is 8.08. The number of hydrogen-bond acceptors (Lipinski definition) is 5. The first-order chi connectivity index (χ1) is 14.4. The van der Waals surface area contributed by atoms with E-state index in [1.54, 1.807) is 24.9 Å². The first-order valence-electron chi connectivity index (χ1n) is 9.81. The molecule has 1 aliphatic heterocycles. The fraction of sp³-hybridized carbons (Fsp3) is 0.333. The van der Waals surface area contributed by atoms with Gasteiger partial charge in [0.15, 0.2) is 5.76 Å². The number of para-hydroxylation sites is 1. The van der Waals surface area contributed by atoms with Crippen LogP contribution in [-0.2, 0) is 16.6 Å². The summed E-state index contributed by atoms with van der Waals surface area (Å²) in [4.78, 5) is 14.4. The second-order valence-electron chi connectivity index (χ2n) is 7.43. The zero-order chi connectivity index (χ0) is 21.3. The van der Waals surface area contributed by atoms with Crippen LogP contribution in [0.3, 0.4) is 0 Å². The third kappa shape index (κ3) is 3.90. The van der Waals surface area contributed by atoms with E-state index in [4.69, 9.17) is 4.42 Å². The molecule has 0 aliphatic carbocycles. The molecule has 1 saturated heterocycles. The van der Waals surface area contributed by atoms with E-state index >= 15 is 0 Å². The van der Waals surface area contributed by atoms with Crippen molar-refractivity contribution in [2.75, 3.05) is 20.1 Å². The molecular weight excluding hydrogens is 404 g/mol. The highest BCUT2D eigenvalue weighted by molar-refractivity contribution is 7.89. The molecule has 2 aromatic heterocycles. The summed E-state index contributed by atoms with van der Waals surface area (Å²) in [5.41, 5.74) is 1.78. The van der Waals surface area contributed by atoms with Gasteiger partial charge in [-0.25, -0.2) is 13.1 Å². The van der Waals surface area contributed by atoms with Gasteiger partial charge in [0.25, 0.3) is 5.91 Å². The lowest BCUT2D eigenvalue weighted by Gasteiger charge is -2.14. The summed E-state index contributed by atoms with van der Waals surface area (Å²) >= 11 is 0. The van der Waals surface area contributed by atoms with Crippen LogP contribution in [0.25, 0.3) is 5.69 Å². The predicted octanol–water partition coefficient (Wildman–Crippen LogP) is 2.83. The van der Waals surface area contributed by atoms with E-state index in [1.165, 1.54) is 15.3 Å². The summed E-state index contributed by atoms with van der Waals surface area (Å²) in [7, 11) is -1.99. The number of rotatable bonds is 6. The fourth-order valence-electron chi connectivity index (χ4n) is 3.59. The number of nitrogens with zero attached hydrogens (tertiary/aromatic N) is 4. The SMILES string of the molecule is Cc1oc(C(=O)N(C)Cc2cnn(-c3ccccc3)c2)cc1S(=O)(=O)N1CCCC1. The van der Waals surface area contributed by atoms with Crippen LogP contribution in [0.4, 0.5) is 0 Å². The predicted molar refractivity (Wildman–Crippen MR) is 111 cm³/mol. The summed E-state index contributed by atoms with van der Waals surface area (Å²) in [5, 5.41) is 4.34. The van der Waals surface area contributed by atoms with Gasteiger partial charge < -0.3 is 9.32 Å². The van der Waals surface area contributed by atoms with E-state index < -0.39 is 10.0 Å². The Morgan fingerprint density at radius 2 is 1.90 bits per heavy atom. The van der Waals surface area contributed by atoms with Gasteiger partial charge >= 0.3 is 0 Å². The zero-order valence-electron chi connectivity index (χ0n) is 17.0. The standard InChI is InChI=1S/C21H24N4O4S/c1-16-20(30(27,28)24-10-6-7-11-24)12-19(29-16)21(26)23(2)14-17-13-22-25(15-17)18-8-4-3-5-9-18/h3-5,8-9,12-13,15H,6-7,10-11,14H2,1-2H3. The molecule has 3 heterocycles. The number of amides is 1. The number of aromatic nitrogens is 2. The highest BCUT2D eigenvalue weighted by atomic mass is 32.2. The molecule has 1 fully saturated rings. The minimum Gasteiger partial charge on any atom is -0.455 e. The van der Waals surface area contributed by atoms with Crippen molar-refractivity contribution in [3.63, 3.8) is 0 Å². The first kappa shape index (κ1) is 20.4. The molecule has 1 amide bonds. The fourth-order valence-corrected chi connectivity index (χ4v) is 5.27. The largest absolute Gasteiger partial charge is 0.455 e. The maximum absolute atomic E-state index is 12.8. The summed E-state index contributed by atoms with van der Waals surface area (Å²) in [6, 6.07) is 11.0. The highest BCUT2D eigenvalue weighted by Gasteiger charge is 2.32. The summed E-state index contributed by atoms with van der Waals surface area (Å²) < 4.78 is 34.4. The lowest BCUT2D eigenvalue weighted by molar-refractivity contribution is 0.0752. The molecule has 0 bridgehead atoms. The van der Waals surface area contributed by atoms with Crippen molar-refractivity contribution in [3.05, 3.63) is 65.9 Å². The topological polar surface area (TPSA) is 88.6 Å². The molecule has 1 aliphatic rings. The van der Waals surface area contributed by atoms with E-state index in [2.05, 4.69) is 5.10 Å². The number of sulfonamides is 1. The molecule has 30 heavy (non-hydrogen) atoms. The Morgan fingerprint density at radius 3 is 2.60 bits per heavy atom. The van der Waals surface area contributed by atoms with Crippen LogP contribution in [0.5, 0.6) is 0 Å². The molecule has 0 unspecified atom stereocenters. The van der Waals surface area contributed by atoms with Gasteiger partial charge in [0.1, 0.15) is 10.7 Å². The van der Waals surface area contributed by atoms with Crippen molar-refractivity contribution < 1.29 is 17.6 Å². The number of aryl methyl sites for hydroxylation is 1. The molecule has 4 rings (SSSR count). The molecule has 3 aromatic rings. The molecule has 0 N–H and O–H groups in total. The Bertz CT molecular complexity index is 1140. The van der Waals surface area contributed by atoms with Crippen LogP contribution in [0.2, 0.25) is 0 Å². The van der Waals surface area contributed by atoms with Gasteiger partial charge in [-0.3, -0.25) is 4.79 Å². The lowest BCUT2D eigenvalue weighted by Crippen LogP contribution is -2.28. The molecule has 158 valence electrons. The molecular formula is C21H24N4O4S. The number of benzene rings is 1. The monoisotopic (exact) mass is 428 g/mol. The van der Waals surface area contributed by atoms with Crippen LogP contribution in [0.1, 0.15) is 34.7 Å². The maximum atomic E-state index is 12.8. The Kier molecular flexibility index (Phi) is 5.48. The molecule has 0 atom stereocenters. The highest BCUT2D eigenvalue weighted by Crippen LogP contribution is 2.27. The van der Waals surface area contributed by atoms with Crippen molar-refractivity contribution in [2.45, 2.75) is 31.2 Å². The third-order valence-corrected chi connectivity index (χ3v) is 7.20. The quantitative estimate of drug-likeness (QED) is 0.602. The lowest BCUT2D eigenvalue weighted by atomic mass is 10.3. The Morgan fingerprint density at radius 1 is 1.20 bits per heavy atom. The van der Waals surface area contributed by atoms with Crippen LogP contribution < -0.4 is 0 Å². The number of carbonyl (C=O) groups excluding carboxylic acids is 1. The molecule has 1 aromatic carbocycles. The van der Waals surface area contributed by atoms with Gasteiger partial charge in [-0.1, -0.05) is 18.2 Å². The Labute approximate surface area is 175 Å². The van der Waals surface area contributed by atoms with Crippen LogP contribution in [0, 0.1) is 6.92 Å². The van der Waals surface area contributed by atoms with Gasteiger partial charge in [0.05, 0.1) is 11.9 Å². The second-order valence-corrected chi connectivity index (χ2v) is 9.34. The maximum Gasteiger partial charge on any atom is 0.289 e. The van der Waals surface area contributed by atoms with Gasteiger partial charge in [-0.15, -0.1) is 0 Å². The smallest absolute Gasteiger partial charge is 0.289 e. The van der Waals surface area contributed by atoms with Gasteiger partial charge in [0.2, 0.25) is 10.0 Å². The summed E-state index contributed by atoms with van der Waals surface area (Å²) in [6.45, 7) is 2.90. The number of carbonyl (C=O) groups is 1. The molecule has 0 saturated carbocycles. The molecule has 9 heteroatoms. The van der Waals surface area contributed by atoms with E-state index in [9.17, 15) is 13.2 Å². The summed E-state index contributed by atoms with van der Waals surface area (Å²) in [6.07, 6.45) is 5.26. The van der Waals surface area contributed by atoms with Gasteiger partial charge in [-0.2, -0.15) is 9.40 Å². The van der Waals surface area contributed by atoms with E-state index in [0.29, 0.717) is 19.6 Å². The van der Waals surface area contributed by atoms with Gasteiger partial charge in [-0.05, 0) is 31.9 Å². The normalized spacial score (nSPS) is 14.9. The first-order valence-corrected chi connectivity index (χ1v) is 11.3. The minimum atomic E-state index is -3.64. The van der Waals surface area contributed by atoms with Crippen LogP contribution >= 0.6 is 0 Å². The van der Waals surface area contributed by atoms with Crippen molar-refractivity contribution in [1.29, 1.82) is 0 Å². The van der Waals surface area contributed by atoms with Crippen molar-refractivity contribution in [1.82, 2.24) is 19.0 Å². The van der Waals surface area contributed by atoms with Crippen molar-refractivity contribution >= 4 is 15.9 Å².